The topological polar surface area (TPSA) is 19.4 Å². The number of pyridine rings is 5. The fourth-order valence-corrected chi connectivity index (χ4v) is 22.9. The largest absolute Gasteiger partial charge is 0.216 e. The highest BCUT2D eigenvalue weighted by atomic mass is 15.0. The number of rotatable bonds is 5. The fourth-order valence-electron chi connectivity index (χ4n) is 22.9. The molecule has 0 aliphatic heterocycles. The van der Waals surface area contributed by atoms with Gasteiger partial charge < -0.3 is 0 Å². The zero-order chi connectivity index (χ0) is 84.8. The monoisotopic (exact) mass is 1470 g/mol. The molecule has 5 nitrogen and oxygen atoms in total. The van der Waals surface area contributed by atoms with Crippen LogP contribution in [0.5, 0.6) is 0 Å². The lowest BCUT2D eigenvalue weighted by Gasteiger charge is -2.34. The van der Waals surface area contributed by atoms with E-state index in [4.69, 9.17) is 6.85 Å². The first-order chi connectivity index (χ1) is 53.7. The van der Waals surface area contributed by atoms with Crippen LogP contribution in [-0.4, -0.2) is 0 Å². The Kier molecular flexibility index (Phi) is 17.8. The van der Waals surface area contributed by atoms with Gasteiger partial charge in [0.2, 0.25) is 28.5 Å². The molecule has 0 saturated heterocycles. The van der Waals surface area contributed by atoms with Crippen LogP contribution in [0, 0.1) is 80.0 Å². The van der Waals surface area contributed by atoms with E-state index < -0.39 is 24.5 Å². The van der Waals surface area contributed by atoms with Crippen LogP contribution in [0.1, 0.15) is 298 Å². The molecule has 6 atom stereocenters. The van der Waals surface area contributed by atoms with Gasteiger partial charge in [-0.3, -0.25) is 0 Å². The predicted octanol–water partition coefficient (Wildman–Crippen LogP) is 23.6. The SMILES string of the molecule is Cc1ccc(-c2c3c(cc[n+]2C)C(C)(C)CC3(C)C)c(C)c1.Cc1ccc(-c2cc3c(c[n+]2C)C(C)(C)CC3(C)C)c(C)c1.Cc1ccc(-c2cc3c(c[n+]2C)C2(C)CCC3C2(C)C)c(C)c1.[2H]C([2H])([2H])c1ccc(-c2cc3c(c[n+]2C)C2([2H])CCC3([2H])C2)c(C)c1.[2H]C12CCC(C)(c3c[n+](C)c(-c4ccc(C)cc4C)cc31)C2(C)C. The van der Waals surface area contributed by atoms with Gasteiger partial charge in [-0.2, -0.15) is 0 Å². The lowest BCUT2D eigenvalue weighted by atomic mass is 9.69. The highest BCUT2D eigenvalue weighted by molar-refractivity contribution is 5.71. The van der Waals surface area contributed by atoms with Crippen LogP contribution in [0.3, 0.4) is 0 Å². The summed E-state index contributed by atoms with van der Waals surface area (Å²) in [7, 11) is 10.7. The Labute approximate surface area is 673 Å². The van der Waals surface area contributed by atoms with E-state index in [9.17, 15) is 1.37 Å². The van der Waals surface area contributed by atoms with Crippen LogP contribution in [0.25, 0.3) is 56.3 Å². The molecule has 10 aromatic rings. The van der Waals surface area contributed by atoms with E-state index in [1.807, 2.05) is 30.8 Å². The number of fused-ring (bicyclic) bond motifs is 17. The summed E-state index contributed by atoms with van der Waals surface area (Å²) >= 11 is 0. The highest BCUT2D eigenvalue weighted by Gasteiger charge is 2.62. The molecule has 110 heavy (non-hydrogen) atoms. The molecular formula is C105H134N5+5. The molecule has 5 aromatic heterocycles. The van der Waals surface area contributed by atoms with E-state index >= 15 is 0 Å². The quantitative estimate of drug-likeness (QED) is 0.153. The molecule has 3 fully saturated rings. The zero-order valence-corrected chi connectivity index (χ0v) is 72.6. The average Bonchev–Trinajstić information content (AvgIpc) is 1.51. The van der Waals surface area contributed by atoms with Crippen LogP contribution >= 0.6 is 0 Å². The third-order valence-corrected chi connectivity index (χ3v) is 29.2. The molecule has 18 rings (SSSR count). The molecule has 6 bridgehead atoms. The van der Waals surface area contributed by atoms with Crippen LogP contribution in [0.15, 0.2) is 152 Å². The highest BCUT2D eigenvalue weighted by Crippen LogP contribution is 2.69. The minimum absolute atomic E-state index is 0.0176. The van der Waals surface area contributed by atoms with E-state index in [1.54, 1.807) is 23.3 Å². The summed E-state index contributed by atoms with van der Waals surface area (Å²) in [5, 5.41) is 0. The van der Waals surface area contributed by atoms with Crippen LogP contribution in [-0.2, 0) is 67.7 Å². The third-order valence-electron chi connectivity index (χ3n) is 29.2. The third kappa shape index (κ3) is 13.1. The Morgan fingerprint density at radius 1 is 0.336 bits per heavy atom. The Balaban J connectivity index is 0.000000120. The van der Waals surface area contributed by atoms with Gasteiger partial charge in [0.15, 0.2) is 31.0 Å². The Hall–Kier alpha value is -8.15. The number of hydrogen-bond donors (Lipinski definition) is 0. The zero-order valence-electron chi connectivity index (χ0n) is 78.6. The van der Waals surface area contributed by atoms with Crippen molar-refractivity contribution in [3.05, 3.63) is 264 Å². The van der Waals surface area contributed by atoms with Gasteiger partial charge >= 0.3 is 0 Å². The van der Waals surface area contributed by atoms with Crippen molar-refractivity contribution in [3.8, 4) is 56.3 Å². The number of benzene rings is 5. The summed E-state index contributed by atoms with van der Waals surface area (Å²) in [6, 6.07) is 43.9. The molecule has 0 radical (unpaired) electrons. The number of aromatic nitrogens is 5. The van der Waals surface area contributed by atoms with E-state index in [1.165, 1.54) is 149 Å². The number of hydrogen-bond acceptors (Lipinski definition) is 0. The van der Waals surface area contributed by atoms with Gasteiger partial charge in [0.25, 0.3) is 0 Å². The van der Waals surface area contributed by atoms with Crippen molar-refractivity contribution in [1.29, 1.82) is 0 Å². The molecule has 8 aliphatic rings. The molecule has 0 N–H and O–H groups in total. The molecule has 3 saturated carbocycles. The van der Waals surface area contributed by atoms with Gasteiger partial charge in [-0.25, -0.2) is 22.8 Å². The maximum Gasteiger partial charge on any atom is 0.216 e. The molecule has 0 amide bonds. The smallest absolute Gasteiger partial charge is 0.201 e. The second kappa shape index (κ2) is 27.6. The van der Waals surface area contributed by atoms with Crippen molar-refractivity contribution in [2.24, 2.45) is 46.1 Å². The van der Waals surface area contributed by atoms with Crippen molar-refractivity contribution in [2.45, 2.75) is 280 Å². The number of nitrogens with zero attached hydrogens (tertiary/aromatic N) is 5. The molecule has 574 valence electrons. The van der Waals surface area contributed by atoms with Crippen molar-refractivity contribution in [2.75, 3.05) is 0 Å². The Bertz CT molecular complexity index is 5680. The minimum atomic E-state index is -2.11. The Morgan fingerprint density at radius 2 is 0.718 bits per heavy atom. The number of aryl methyl sites for hydroxylation is 15. The molecule has 5 aromatic carbocycles. The normalized spacial score (nSPS) is 25.9. The first kappa shape index (κ1) is 70.9. The van der Waals surface area contributed by atoms with Gasteiger partial charge in [0, 0.05) is 105 Å². The summed E-state index contributed by atoms with van der Waals surface area (Å²) in [5.41, 5.74) is 40.2. The van der Waals surface area contributed by atoms with E-state index in [2.05, 4.69) is 327 Å². The van der Waals surface area contributed by atoms with Gasteiger partial charge in [-0.1, -0.05) is 185 Å². The summed E-state index contributed by atoms with van der Waals surface area (Å²) < 4.78 is 60.7. The maximum absolute atomic E-state index is 9.29. The molecule has 5 heterocycles. The van der Waals surface area contributed by atoms with Crippen molar-refractivity contribution in [1.82, 2.24) is 0 Å². The van der Waals surface area contributed by atoms with E-state index in [0.29, 0.717) is 28.7 Å². The summed E-state index contributed by atoms with van der Waals surface area (Å²) in [6.07, 6.45) is 20.6. The second-order valence-electron chi connectivity index (χ2n) is 39.7. The van der Waals surface area contributed by atoms with Gasteiger partial charge in [0.05, 0.1) is 0 Å². The van der Waals surface area contributed by atoms with Gasteiger partial charge in [-0.05, 0) is 269 Å². The molecule has 6 unspecified atom stereocenters. The van der Waals surface area contributed by atoms with E-state index in [-0.39, 0.29) is 32.5 Å². The molecule has 8 aliphatic carbocycles. The average molecular weight is 1470 g/mol. The van der Waals surface area contributed by atoms with Crippen molar-refractivity contribution in [3.63, 3.8) is 0 Å². The van der Waals surface area contributed by atoms with Crippen LogP contribution in [0.2, 0.25) is 0 Å². The van der Waals surface area contributed by atoms with Crippen molar-refractivity contribution < 1.29 is 31.1 Å². The molecular weight excluding hydrogens is 1330 g/mol. The Morgan fingerprint density at radius 3 is 1.22 bits per heavy atom. The summed E-state index contributed by atoms with van der Waals surface area (Å²) in [4.78, 5) is 0. The predicted molar refractivity (Wildman–Crippen MR) is 460 cm³/mol. The second-order valence-corrected chi connectivity index (χ2v) is 39.7. The molecule has 0 spiro atoms. The lowest BCUT2D eigenvalue weighted by molar-refractivity contribution is -0.661. The maximum atomic E-state index is 9.29. The van der Waals surface area contributed by atoms with E-state index in [0.717, 1.165) is 53.6 Å². The van der Waals surface area contributed by atoms with Crippen LogP contribution < -0.4 is 22.8 Å². The van der Waals surface area contributed by atoms with Gasteiger partial charge in [0.1, 0.15) is 35.2 Å². The lowest BCUT2D eigenvalue weighted by Crippen LogP contribution is -2.36. The summed E-state index contributed by atoms with van der Waals surface area (Å²) in [6.45, 7) is 50.8. The van der Waals surface area contributed by atoms with Crippen LogP contribution in [0.4, 0.5) is 0 Å². The summed E-state index contributed by atoms with van der Waals surface area (Å²) in [5.74, 6) is -1.01. The van der Waals surface area contributed by atoms with Crippen molar-refractivity contribution >= 4 is 0 Å². The molecule has 5 heteroatoms. The fraction of sp³-hybridized carbons (Fsp3) is 0.476. The van der Waals surface area contributed by atoms with Gasteiger partial charge in [-0.15, -0.1) is 0 Å². The first-order valence-corrected chi connectivity index (χ1v) is 41.3. The first-order valence-electron chi connectivity index (χ1n) is 44.3. The standard InChI is InChI=1S/2C22H28N.2C21H28N.C19H22N/c2*1-14-7-8-16(15(2)11-14)20-12-17-18-9-10-22(5,21(18,3)4)19(17)13-23(20)6;1-14-8-9-16(15(2)10-14)19-11-17-18(12-22(19)7)21(5,6)13-20(17,3)4;1-14-8-9-16(15(2)12-14)19-18-17(10-11-22(19)7)20(3,4)13-21(18,5)6;1-12-4-7-16(13(2)8-12)19-10-17-14-5-6-15(9-14)18(17)11-20(19)3/h2*7-8,11-13,18H,9-10H2,1-6H3;2*8-12H,13H2,1-7H3;4,7-8,10-11,14-15H,5-6,9H2,1-3H3/q5*+1/i18D;;;;1D3,14D,15D. The minimum Gasteiger partial charge on any atom is -0.201 e.